The van der Waals surface area contributed by atoms with Crippen molar-refractivity contribution in [1.29, 1.82) is 0 Å². The fraction of sp³-hybridized carbons (Fsp3) is 0.278. The van der Waals surface area contributed by atoms with Gasteiger partial charge in [0.15, 0.2) is 0 Å². The number of rotatable bonds is 8. The van der Waals surface area contributed by atoms with Crippen molar-refractivity contribution in [3.05, 3.63) is 59.7 Å². The van der Waals surface area contributed by atoms with Gasteiger partial charge in [0, 0.05) is 13.1 Å². The Morgan fingerprint density at radius 3 is 2.48 bits per heavy atom. The number of ether oxygens (including phenoxy) is 1. The second-order valence-corrected chi connectivity index (χ2v) is 7.12. The number of amides is 1. The van der Waals surface area contributed by atoms with E-state index in [0.717, 1.165) is 5.56 Å². The first kappa shape index (κ1) is 19.0. The molecule has 7 heteroatoms. The standard InChI is InChI=1S/C18H22N2O4S/c1-3-20-25(22,23)15-9-10-17(24-2)16(13-15)18(21)19-12-11-14-7-5-4-6-8-14/h4-10,13,20H,3,11-12H2,1-2H3,(H,19,21). The van der Waals surface area contributed by atoms with Crippen LogP contribution in [0, 0.1) is 0 Å². The van der Waals surface area contributed by atoms with E-state index in [1.165, 1.54) is 25.3 Å². The molecule has 0 fully saturated rings. The van der Waals surface area contributed by atoms with Crippen molar-refractivity contribution in [3.8, 4) is 5.75 Å². The van der Waals surface area contributed by atoms with Crippen LogP contribution in [0.25, 0.3) is 0 Å². The normalized spacial score (nSPS) is 11.1. The molecule has 0 saturated carbocycles. The van der Waals surface area contributed by atoms with Crippen molar-refractivity contribution < 1.29 is 17.9 Å². The molecule has 0 aliphatic rings. The first-order valence-corrected chi connectivity index (χ1v) is 9.46. The molecule has 134 valence electrons. The molecular formula is C18H22N2O4S. The topological polar surface area (TPSA) is 84.5 Å². The average molecular weight is 362 g/mol. The van der Waals surface area contributed by atoms with E-state index in [1.54, 1.807) is 6.92 Å². The van der Waals surface area contributed by atoms with Gasteiger partial charge >= 0.3 is 0 Å². The maximum Gasteiger partial charge on any atom is 0.255 e. The first-order valence-electron chi connectivity index (χ1n) is 7.97. The van der Waals surface area contributed by atoms with Crippen molar-refractivity contribution in [2.45, 2.75) is 18.2 Å². The zero-order chi connectivity index (χ0) is 18.3. The Morgan fingerprint density at radius 2 is 1.84 bits per heavy atom. The quantitative estimate of drug-likeness (QED) is 0.752. The molecule has 2 N–H and O–H groups in total. The predicted octanol–water partition coefficient (Wildman–Crippen LogP) is 1.97. The summed E-state index contributed by atoms with van der Waals surface area (Å²) in [5, 5.41) is 2.80. The van der Waals surface area contributed by atoms with Gasteiger partial charge in [-0.2, -0.15) is 0 Å². The van der Waals surface area contributed by atoms with E-state index in [4.69, 9.17) is 4.74 Å². The van der Waals surface area contributed by atoms with Crippen molar-refractivity contribution >= 4 is 15.9 Å². The Kier molecular flexibility index (Phi) is 6.55. The number of nitrogens with one attached hydrogen (secondary N) is 2. The smallest absolute Gasteiger partial charge is 0.255 e. The molecular weight excluding hydrogens is 340 g/mol. The monoisotopic (exact) mass is 362 g/mol. The minimum absolute atomic E-state index is 0.0309. The third-order valence-corrected chi connectivity index (χ3v) is 5.15. The van der Waals surface area contributed by atoms with Gasteiger partial charge in [-0.1, -0.05) is 37.3 Å². The molecule has 2 rings (SSSR count). The van der Waals surface area contributed by atoms with E-state index in [-0.39, 0.29) is 22.9 Å². The van der Waals surface area contributed by atoms with E-state index in [2.05, 4.69) is 10.0 Å². The Morgan fingerprint density at radius 1 is 1.12 bits per heavy atom. The summed E-state index contributed by atoms with van der Waals surface area (Å²) in [6.45, 7) is 2.40. The second kappa shape index (κ2) is 8.64. The number of methoxy groups -OCH3 is 1. The molecule has 2 aromatic carbocycles. The Labute approximate surface area is 148 Å². The van der Waals surface area contributed by atoms with Crippen LogP contribution in [0.15, 0.2) is 53.4 Å². The zero-order valence-electron chi connectivity index (χ0n) is 14.3. The lowest BCUT2D eigenvalue weighted by Crippen LogP contribution is -2.27. The van der Waals surface area contributed by atoms with Gasteiger partial charge in [-0.25, -0.2) is 13.1 Å². The molecule has 2 aromatic rings. The van der Waals surface area contributed by atoms with Gasteiger partial charge < -0.3 is 10.1 Å². The van der Waals surface area contributed by atoms with Gasteiger partial charge in [0.25, 0.3) is 5.91 Å². The van der Waals surface area contributed by atoms with E-state index >= 15 is 0 Å². The van der Waals surface area contributed by atoms with Crippen LogP contribution in [-0.2, 0) is 16.4 Å². The lowest BCUT2D eigenvalue weighted by molar-refractivity contribution is 0.0951. The van der Waals surface area contributed by atoms with Gasteiger partial charge in [0.1, 0.15) is 5.75 Å². The highest BCUT2D eigenvalue weighted by Crippen LogP contribution is 2.22. The van der Waals surface area contributed by atoms with Crippen LogP contribution in [0.1, 0.15) is 22.8 Å². The summed E-state index contributed by atoms with van der Waals surface area (Å²) in [6, 6.07) is 14.0. The maximum absolute atomic E-state index is 12.4. The summed E-state index contributed by atoms with van der Waals surface area (Å²) < 4.78 is 31.8. The van der Waals surface area contributed by atoms with Crippen LogP contribution >= 0.6 is 0 Å². The van der Waals surface area contributed by atoms with Crippen LogP contribution in [0.2, 0.25) is 0 Å². The lowest BCUT2D eigenvalue weighted by atomic mass is 10.1. The fourth-order valence-electron chi connectivity index (χ4n) is 2.37. The van der Waals surface area contributed by atoms with E-state index in [1.807, 2.05) is 30.3 Å². The highest BCUT2D eigenvalue weighted by Gasteiger charge is 2.19. The lowest BCUT2D eigenvalue weighted by Gasteiger charge is -2.12. The van der Waals surface area contributed by atoms with Crippen LogP contribution in [0.4, 0.5) is 0 Å². The van der Waals surface area contributed by atoms with Gasteiger partial charge in [-0.05, 0) is 30.2 Å². The molecule has 25 heavy (non-hydrogen) atoms. The zero-order valence-corrected chi connectivity index (χ0v) is 15.1. The largest absolute Gasteiger partial charge is 0.496 e. The molecule has 0 bridgehead atoms. The average Bonchev–Trinajstić information content (AvgIpc) is 2.62. The molecule has 0 spiro atoms. The maximum atomic E-state index is 12.4. The van der Waals surface area contributed by atoms with Gasteiger partial charge in [-0.3, -0.25) is 4.79 Å². The molecule has 6 nitrogen and oxygen atoms in total. The minimum Gasteiger partial charge on any atom is -0.496 e. The van der Waals surface area contributed by atoms with Crippen molar-refractivity contribution in [1.82, 2.24) is 10.0 Å². The summed E-state index contributed by atoms with van der Waals surface area (Å²) in [5.41, 5.74) is 1.30. The van der Waals surface area contributed by atoms with Gasteiger partial charge in [-0.15, -0.1) is 0 Å². The summed E-state index contributed by atoms with van der Waals surface area (Å²) in [6.07, 6.45) is 0.685. The molecule has 1 amide bonds. The molecule has 0 radical (unpaired) electrons. The molecule has 0 aliphatic heterocycles. The van der Waals surface area contributed by atoms with E-state index < -0.39 is 10.0 Å². The number of carbonyl (C=O) groups excluding carboxylic acids is 1. The third kappa shape index (κ3) is 5.04. The van der Waals surface area contributed by atoms with E-state index in [0.29, 0.717) is 18.7 Å². The van der Waals surface area contributed by atoms with Crippen LogP contribution in [-0.4, -0.2) is 34.5 Å². The van der Waals surface area contributed by atoms with Crippen LogP contribution in [0.5, 0.6) is 5.75 Å². The van der Waals surface area contributed by atoms with Crippen molar-refractivity contribution in [3.63, 3.8) is 0 Å². The Hall–Kier alpha value is -2.38. The fourth-order valence-corrected chi connectivity index (χ4v) is 3.43. The highest BCUT2D eigenvalue weighted by molar-refractivity contribution is 7.89. The molecule has 0 aliphatic carbocycles. The number of hydrogen-bond acceptors (Lipinski definition) is 4. The highest BCUT2D eigenvalue weighted by atomic mass is 32.2. The molecule has 0 heterocycles. The number of carbonyl (C=O) groups is 1. The summed E-state index contributed by atoms with van der Waals surface area (Å²) in [5.74, 6) is -0.0472. The Bertz CT molecular complexity index is 820. The van der Waals surface area contributed by atoms with Gasteiger partial charge in [0.2, 0.25) is 10.0 Å². The molecule has 0 saturated heterocycles. The third-order valence-electron chi connectivity index (χ3n) is 3.60. The predicted molar refractivity (Wildman–Crippen MR) is 96.3 cm³/mol. The van der Waals surface area contributed by atoms with Crippen molar-refractivity contribution in [2.24, 2.45) is 0 Å². The van der Waals surface area contributed by atoms with Crippen LogP contribution < -0.4 is 14.8 Å². The van der Waals surface area contributed by atoms with E-state index in [9.17, 15) is 13.2 Å². The Balaban J connectivity index is 2.14. The molecule has 0 atom stereocenters. The minimum atomic E-state index is -3.64. The number of hydrogen-bond donors (Lipinski definition) is 2. The number of benzene rings is 2. The van der Waals surface area contributed by atoms with Crippen molar-refractivity contribution in [2.75, 3.05) is 20.2 Å². The molecule has 0 unspecified atom stereocenters. The second-order valence-electron chi connectivity index (χ2n) is 5.35. The van der Waals surface area contributed by atoms with Gasteiger partial charge in [0.05, 0.1) is 17.6 Å². The molecule has 0 aromatic heterocycles. The summed E-state index contributed by atoms with van der Waals surface area (Å²) in [7, 11) is -2.20. The summed E-state index contributed by atoms with van der Waals surface area (Å²) in [4.78, 5) is 12.5. The SMILES string of the molecule is CCNS(=O)(=O)c1ccc(OC)c(C(=O)NCCc2ccccc2)c1. The summed E-state index contributed by atoms with van der Waals surface area (Å²) >= 11 is 0. The first-order chi connectivity index (χ1) is 12.0. The number of sulfonamides is 1. The van der Waals surface area contributed by atoms with Crippen LogP contribution in [0.3, 0.4) is 0 Å².